The van der Waals surface area contributed by atoms with Crippen molar-refractivity contribution in [2.45, 2.75) is 43.8 Å². The number of fused-ring (bicyclic) bond motifs is 1. The molecule has 0 aromatic heterocycles. The first kappa shape index (κ1) is 21.6. The number of piperidine rings is 1. The number of amides is 1. The van der Waals surface area contributed by atoms with Crippen molar-refractivity contribution < 1.29 is 9.59 Å². The van der Waals surface area contributed by atoms with E-state index in [0.717, 1.165) is 44.3 Å². The quantitative estimate of drug-likeness (QED) is 0.511. The number of carbonyl (C=O) groups is 2. The molecule has 0 aliphatic carbocycles. The molecule has 0 saturated carbocycles. The van der Waals surface area contributed by atoms with Crippen LogP contribution in [0.25, 0.3) is 0 Å². The average Bonchev–Trinajstić information content (AvgIpc) is 3.27. The number of aldehydes is 1. The lowest BCUT2D eigenvalue weighted by molar-refractivity contribution is -0.133. The van der Waals surface area contributed by atoms with Gasteiger partial charge in [-0.05, 0) is 35.1 Å². The standard InChI is InChI=1S/C29H30N2O2/c32-21-28-26-14-8-7-13-24(26)20-31(28)25-15-17-30(18-16-25)29(33)19-27(22-9-3-1-4-10-22)23-11-5-2-6-12-23/h1-14,21,25,27-28H,15-20H2. The lowest BCUT2D eigenvalue weighted by Crippen LogP contribution is -2.46. The normalized spacial score (nSPS) is 18.9. The molecule has 0 N–H and O–H groups in total. The largest absolute Gasteiger partial charge is 0.343 e. The Morgan fingerprint density at radius 1 is 0.848 bits per heavy atom. The summed E-state index contributed by atoms with van der Waals surface area (Å²) >= 11 is 0. The van der Waals surface area contributed by atoms with Crippen LogP contribution in [0.2, 0.25) is 0 Å². The van der Waals surface area contributed by atoms with Crippen LogP contribution in [0.15, 0.2) is 84.9 Å². The Morgan fingerprint density at radius 3 is 2.03 bits per heavy atom. The molecule has 1 atom stereocenters. The molecular formula is C29H30N2O2. The summed E-state index contributed by atoms with van der Waals surface area (Å²) < 4.78 is 0. The molecule has 168 valence electrons. The third-order valence-corrected chi connectivity index (χ3v) is 7.28. The molecule has 0 radical (unpaired) electrons. The lowest BCUT2D eigenvalue weighted by Gasteiger charge is -2.38. The Bertz CT molecular complexity index is 1050. The van der Waals surface area contributed by atoms with E-state index in [2.05, 4.69) is 41.3 Å². The Hall–Kier alpha value is -3.24. The zero-order chi connectivity index (χ0) is 22.6. The second-order valence-corrected chi connectivity index (χ2v) is 9.14. The van der Waals surface area contributed by atoms with E-state index in [1.807, 2.05) is 53.4 Å². The Kier molecular flexibility index (Phi) is 6.36. The van der Waals surface area contributed by atoms with Gasteiger partial charge in [-0.1, -0.05) is 84.9 Å². The van der Waals surface area contributed by atoms with Gasteiger partial charge in [0.05, 0.1) is 6.04 Å². The van der Waals surface area contributed by atoms with Crippen LogP contribution < -0.4 is 0 Å². The second-order valence-electron chi connectivity index (χ2n) is 9.14. The van der Waals surface area contributed by atoms with E-state index in [1.54, 1.807) is 0 Å². The highest BCUT2D eigenvalue weighted by Gasteiger charge is 2.36. The van der Waals surface area contributed by atoms with Gasteiger partial charge in [-0.25, -0.2) is 0 Å². The summed E-state index contributed by atoms with van der Waals surface area (Å²) in [7, 11) is 0. The van der Waals surface area contributed by atoms with Gasteiger partial charge >= 0.3 is 0 Å². The molecule has 2 aliphatic heterocycles. The zero-order valence-electron chi connectivity index (χ0n) is 18.8. The van der Waals surface area contributed by atoms with E-state index >= 15 is 0 Å². The van der Waals surface area contributed by atoms with Crippen molar-refractivity contribution in [1.29, 1.82) is 0 Å². The van der Waals surface area contributed by atoms with Crippen LogP contribution in [0.3, 0.4) is 0 Å². The van der Waals surface area contributed by atoms with E-state index in [0.29, 0.717) is 12.5 Å². The van der Waals surface area contributed by atoms with Crippen molar-refractivity contribution in [2.24, 2.45) is 0 Å². The van der Waals surface area contributed by atoms with Crippen LogP contribution in [-0.2, 0) is 16.1 Å². The first-order chi connectivity index (χ1) is 16.2. The number of hydrogen-bond donors (Lipinski definition) is 0. The van der Waals surface area contributed by atoms with Crippen molar-refractivity contribution in [3.8, 4) is 0 Å². The fourth-order valence-electron chi connectivity index (χ4n) is 5.50. The molecule has 2 aliphatic rings. The van der Waals surface area contributed by atoms with Crippen LogP contribution in [0.1, 0.15) is 53.5 Å². The molecule has 0 bridgehead atoms. The predicted octanol–water partition coefficient (Wildman–Crippen LogP) is 4.96. The predicted molar refractivity (Wildman–Crippen MR) is 130 cm³/mol. The van der Waals surface area contributed by atoms with Crippen molar-refractivity contribution in [3.05, 3.63) is 107 Å². The molecule has 3 aromatic rings. The summed E-state index contributed by atoms with van der Waals surface area (Å²) in [6.07, 6.45) is 3.37. The monoisotopic (exact) mass is 438 g/mol. The minimum absolute atomic E-state index is 0.0603. The first-order valence-electron chi connectivity index (χ1n) is 11.9. The van der Waals surface area contributed by atoms with Crippen molar-refractivity contribution in [1.82, 2.24) is 9.80 Å². The zero-order valence-corrected chi connectivity index (χ0v) is 18.8. The van der Waals surface area contributed by atoms with Gasteiger partial charge in [-0.15, -0.1) is 0 Å². The number of likely N-dealkylation sites (tertiary alicyclic amines) is 1. The molecular weight excluding hydrogens is 408 g/mol. The molecule has 2 heterocycles. The minimum Gasteiger partial charge on any atom is -0.343 e. The van der Waals surface area contributed by atoms with E-state index in [4.69, 9.17) is 0 Å². The van der Waals surface area contributed by atoms with Gasteiger partial charge in [0.2, 0.25) is 5.91 Å². The Balaban J connectivity index is 1.25. The number of hydrogen-bond acceptors (Lipinski definition) is 3. The molecule has 3 aromatic carbocycles. The van der Waals surface area contributed by atoms with Crippen LogP contribution >= 0.6 is 0 Å². The van der Waals surface area contributed by atoms with E-state index in [9.17, 15) is 9.59 Å². The van der Waals surface area contributed by atoms with E-state index in [-0.39, 0.29) is 17.9 Å². The fourth-order valence-corrected chi connectivity index (χ4v) is 5.50. The maximum atomic E-state index is 13.3. The second kappa shape index (κ2) is 9.72. The van der Waals surface area contributed by atoms with Gasteiger partial charge in [0.15, 0.2) is 0 Å². The molecule has 1 saturated heterocycles. The van der Waals surface area contributed by atoms with Crippen LogP contribution in [0, 0.1) is 0 Å². The van der Waals surface area contributed by atoms with Crippen molar-refractivity contribution in [3.63, 3.8) is 0 Å². The summed E-state index contributed by atoms with van der Waals surface area (Å²) in [5.74, 6) is 0.271. The molecule has 1 amide bonds. The van der Waals surface area contributed by atoms with Gasteiger partial charge < -0.3 is 9.69 Å². The van der Waals surface area contributed by atoms with Gasteiger partial charge in [0, 0.05) is 38.0 Å². The summed E-state index contributed by atoms with van der Waals surface area (Å²) in [5, 5.41) is 0. The maximum Gasteiger partial charge on any atom is 0.223 e. The summed E-state index contributed by atoms with van der Waals surface area (Å²) in [5.41, 5.74) is 4.74. The highest BCUT2D eigenvalue weighted by molar-refractivity contribution is 5.78. The molecule has 5 rings (SSSR count). The highest BCUT2D eigenvalue weighted by Crippen LogP contribution is 2.36. The number of rotatable bonds is 6. The van der Waals surface area contributed by atoms with E-state index < -0.39 is 0 Å². The Morgan fingerprint density at radius 2 is 1.42 bits per heavy atom. The third kappa shape index (κ3) is 4.49. The molecule has 4 nitrogen and oxygen atoms in total. The smallest absolute Gasteiger partial charge is 0.223 e. The van der Waals surface area contributed by atoms with Gasteiger partial charge in [-0.3, -0.25) is 9.69 Å². The first-order valence-corrected chi connectivity index (χ1v) is 11.9. The summed E-state index contributed by atoms with van der Waals surface area (Å²) in [6, 6.07) is 29.1. The average molecular weight is 439 g/mol. The Labute approximate surface area is 195 Å². The third-order valence-electron chi connectivity index (χ3n) is 7.28. The lowest BCUT2D eigenvalue weighted by atomic mass is 9.88. The number of nitrogens with zero attached hydrogens (tertiary/aromatic N) is 2. The van der Waals surface area contributed by atoms with Gasteiger partial charge in [0.25, 0.3) is 0 Å². The summed E-state index contributed by atoms with van der Waals surface area (Å²) in [6.45, 7) is 2.32. The molecule has 4 heteroatoms. The molecule has 0 spiro atoms. The number of carbonyl (C=O) groups excluding carboxylic acids is 2. The number of benzene rings is 3. The fraction of sp³-hybridized carbons (Fsp3) is 0.310. The topological polar surface area (TPSA) is 40.6 Å². The van der Waals surface area contributed by atoms with Crippen LogP contribution in [0.4, 0.5) is 0 Å². The van der Waals surface area contributed by atoms with Crippen molar-refractivity contribution >= 4 is 12.2 Å². The summed E-state index contributed by atoms with van der Waals surface area (Å²) in [4.78, 5) is 29.6. The minimum atomic E-state index is -0.158. The molecule has 1 unspecified atom stereocenters. The van der Waals surface area contributed by atoms with Gasteiger partial charge in [0.1, 0.15) is 6.29 Å². The van der Waals surface area contributed by atoms with Crippen molar-refractivity contribution in [2.75, 3.05) is 13.1 Å². The SMILES string of the molecule is O=CC1c2ccccc2CN1C1CCN(C(=O)CC(c2ccccc2)c2ccccc2)CC1. The molecule has 1 fully saturated rings. The molecule has 33 heavy (non-hydrogen) atoms. The van der Waals surface area contributed by atoms with Gasteiger partial charge in [-0.2, -0.15) is 0 Å². The maximum absolute atomic E-state index is 13.3. The van der Waals surface area contributed by atoms with Crippen LogP contribution in [0.5, 0.6) is 0 Å². The highest BCUT2D eigenvalue weighted by atomic mass is 16.2. The van der Waals surface area contributed by atoms with E-state index in [1.165, 1.54) is 16.7 Å². The van der Waals surface area contributed by atoms with Crippen LogP contribution in [-0.4, -0.2) is 41.1 Å².